The lowest BCUT2D eigenvalue weighted by Gasteiger charge is -2.44. The molecule has 6 nitrogen and oxygen atoms in total. The molecule has 1 N–H and O–H groups in total. The zero-order valence-electron chi connectivity index (χ0n) is 20.8. The van der Waals surface area contributed by atoms with E-state index in [1.165, 1.54) is 12.4 Å². The molecule has 192 valence electrons. The summed E-state index contributed by atoms with van der Waals surface area (Å²) in [4.78, 5) is 26.3. The molecule has 1 aromatic carbocycles. The molecule has 1 saturated heterocycles. The molecule has 1 saturated carbocycles. The van der Waals surface area contributed by atoms with Crippen LogP contribution >= 0.6 is 0 Å². The number of hydrogen-bond acceptors (Lipinski definition) is 5. The summed E-state index contributed by atoms with van der Waals surface area (Å²) in [6, 6.07) is 3.72. The van der Waals surface area contributed by atoms with Crippen molar-refractivity contribution in [2.45, 2.75) is 83.6 Å². The van der Waals surface area contributed by atoms with Gasteiger partial charge in [-0.1, -0.05) is 27.2 Å². The van der Waals surface area contributed by atoms with Crippen LogP contribution in [-0.4, -0.2) is 63.4 Å². The van der Waals surface area contributed by atoms with E-state index >= 15 is 0 Å². The molecule has 2 fully saturated rings. The summed E-state index contributed by atoms with van der Waals surface area (Å²) in [7, 11) is 0. The van der Waals surface area contributed by atoms with Crippen LogP contribution in [0.5, 0.6) is 0 Å². The molecule has 9 heteroatoms. The fraction of sp³-hybridized carbons (Fsp3) is 0.654. The zero-order valence-corrected chi connectivity index (χ0v) is 20.8. The van der Waals surface area contributed by atoms with Crippen LogP contribution < -0.4 is 5.32 Å². The number of alkyl halides is 3. The van der Waals surface area contributed by atoms with Crippen molar-refractivity contribution in [3.05, 3.63) is 30.1 Å². The smallest absolute Gasteiger partial charge is 0.358 e. The summed E-state index contributed by atoms with van der Waals surface area (Å²) in [6.07, 6.45) is 2.85. The number of benzene rings is 1. The Bertz CT molecular complexity index is 1030. The van der Waals surface area contributed by atoms with E-state index in [1.54, 1.807) is 0 Å². The first kappa shape index (κ1) is 25.7. The molecule has 2 aliphatic rings. The van der Waals surface area contributed by atoms with E-state index in [2.05, 4.69) is 41.0 Å². The third kappa shape index (κ3) is 5.39. The Balaban J connectivity index is 1.50. The van der Waals surface area contributed by atoms with Gasteiger partial charge >= 0.3 is 6.18 Å². The Morgan fingerprint density at radius 1 is 1.11 bits per heavy atom. The van der Waals surface area contributed by atoms with Crippen molar-refractivity contribution >= 4 is 22.6 Å². The van der Waals surface area contributed by atoms with Gasteiger partial charge in [0.25, 0.3) is 0 Å². The first-order chi connectivity index (χ1) is 16.8. The predicted octanol–water partition coefficient (Wildman–Crippen LogP) is 5.34. The Labute approximate surface area is 205 Å². The maximum absolute atomic E-state index is 13.5. The number of rotatable bonds is 8. The van der Waals surface area contributed by atoms with Gasteiger partial charge in [-0.3, -0.25) is 4.79 Å². The Morgan fingerprint density at radius 2 is 1.89 bits per heavy atom. The van der Waals surface area contributed by atoms with Gasteiger partial charge in [0.2, 0.25) is 5.91 Å². The van der Waals surface area contributed by atoms with Crippen LogP contribution in [0.4, 0.5) is 19.0 Å². The summed E-state index contributed by atoms with van der Waals surface area (Å²) in [6.45, 7) is 9.36. The monoisotopic (exact) mass is 491 g/mol. The number of likely N-dealkylation sites (tertiary alicyclic amines) is 1. The van der Waals surface area contributed by atoms with Crippen molar-refractivity contribution in [1.82, 2.24) is 19.8 Å². The standard InChI is InChI=1S/C26H36F3N5O/c1-4-7-17-14-19(33(5-2)6-3)9-11-23(17)34-13-12-22(25(34)35)32-24-20-15-18(26(27,28)29)8-10-21(20)30-16-31-24/h8,10,15-17,19,22-23H,4-7,9,11-14H2,1-3H3,(H,30,31,32)/t17-,19+,22-,23-/m0/s1. The van der Waals surface area contributed by atoms with Crippen molar-refractivity contribution < 1.29 is 18.0 Å². The van der Waals surface area contributed by atoms with Crippen molar-refractivity contribution in [3.63, 3.8) is 0 Å². The molecule has 2 aromatic rings. The first-order valence-electron chi connectivity index (χ1n) is 12.9. The largest absolute Gasteiger partial charge is 0.416 e. The maximum atomic E-state index is 13.5. The molecule has 1 aromatic heterocycles. The van der Waals surface area contributed by atoms with Gasteiger partial charge in [0.15, 0.2) is 0 Å². The average molecular weight is 492 g/mol. The second-order valence-corrected chi connectivity index (χ2v) is 9.77. The Hall–Kier alpha value is -2.42. The van der Waals surface area contributed by atoms with Crippen LogP contribution in [0.25, 0.3) is 10.9 Å². The van der Waals surface area contributed by atoms with Gasteiger partial charge in [0.1, 0.15) is 18.2 Å². The molecule has 0 bridgehead atoms. The molecule has 1 aliphatic heterocycles. The van der Waals surface area contributed by atoms with E-state index in [4.69, 9.17) is 0 Å². The summed E-state index contributed by atoms with van der Waals surface area (Å²) in [5.74, 6) is 0.768. The minimum atomic E-state index is -4.46. The Morgan fingerprint density at radius 3 is 2.57 bits per heavy atom. The van der Waals surface area contributed by atoms with Crippen molar-refractivity contribution in [2.75, 3.05) is 25.0 Å². The van der Waals surface area contributed by atoms with Crippen LogP contribution in [-0.2, 0) is 11.0 Å². The topological polar surface area (TPSA) is 61.4 Å². The van der Waals surface area contributed by atoms with E-state index in [1.807, 2.05) is 4.90 Å². The summed E-state index contributed by atoms with van der Waals surface area (Å²) in [5.41, 5.74) is -0.342. The molecular weight excluding hydrogens is 455 g/mol. The second-order valence-electron chi connectivity index (χ2n) is 9.77. The number of fused-ring (bicyclic) bond motifs is 1. The minimum absolute atomic E-state index is 0.0242. The summed E-state index contributed by atoms with van der Waals surface area (Å²) in [5, 5.41) is 3.43. The molecule has 1 amide bonds. The van der Waals surface area contributed by atoms with Gasteiger partial charge in [0, 0.05) is 24.0 Å². The highest BCUT2D eigenvalue weighted by Gasteiger charge is 2.42. The molecule has 4 atom stereocenters. The van der Waals surface area contributed by atoms with Gasteiger partial charge in [-0.25, -0.2) is 9.97 Å². The van der Waals surface area contributed by atoms with Crippen LogP contribution in [0, 0.1) is 5.92 Å². The first-order valence-corrected chi connectivity index (χ1v) is 12.9. The fourth-order valence-electron chi connectivity index (χ4n) is 6.06. The summed E-state index contributed by atoms with van der Waals surface area (Å²) < 4.78 is 39.8. The van der Waals surface area contributed by atoms with E-state index in [-0.39, 0.29) is 23.2 Å². The second kappa shape index (κ2) is 10.7. The van der Waals surface area contributed by atoms with Crippen molar-refractivity contribution in [2.24, 2.45) is 5.92 Å². The number of amides is 1. The zero-order chi connectivity index (χ0) is 25.2. The molecule has 0 radical (unpaired) electrons. The predicted molar refractivity (Wildman–Crippen MR) is 131 cm³/mol. The quantitative estimate of drug-likeness (QED) is 0.540. The lowest BCUT2D eigenvalue weighted by molar-refractivity contribution is -0.137. The van der Waals surface area contributed by atoms with Gasteiger partial charge in [-0.2, -0.15) is 13.2 Å². The normalized spacial score (nSPS) is 25.6. The molecule has 4 rings (SSSR count). The average Bonchev–Trinajstić information content (AvgIpc) is 3.19. The highest BCUT2D eigenvalue weighted by Crippen LogP contribution is 2.37. The highest BCUT2D eigenvalue weighted by atomic mass is 19.4. The van der Waals surface area contributed by atoms with Crippen LogP contribution in [0.2, 0.25) is 0 Å². The lowest BCUT2D eigenvalue weighted by atomic mass is 9.78. The van der Waals surface area contributed by atoms with Gasteiger partial charge in [-0.15, -0.1) is 0 Å². The number of anilines is 1. The number of nitrogens with one attached hydrogen (secondary N) is 1. The third-order valence-corrected chi connectivity index (χ3v) is 7.82. The van der Waals surface area contributed by atoms with Gasteiger partial charge in [-0.05, 0) is 69.3 Å². The Kier molecular flexibility index (Phi) is 7.83. The van der Waals surface area contributed by atoms with Crippen molar-refractivity contribution in [3.8, 4) is 0 Å². The van der Waals surface area contributed by atoms with E-state index < -0.39 is 17.8 Å². The number of aromatic nitrogens is 2. The lowest BCUT2D eigenvalue weighted by Crippen LogP contribution is -2.50. The van der Waals surface area contributed by atoms with Crippen LogP contribution in [0.1, 0.15) is 64.9 Å². The van der Waals surface area contributed by atoms with E-state index in [9.17, 15) is 18.0 Å². The van der Waals surface area contributed by atoms with Crippen molar-refractivity contribution in [1.29, 1.82) is 0 Å². The van der Waals surface area contributed by atoms with E-state index in [0.717, 1.165) is 57.3 Å². The number of nitrogens with zero attached hydrogens (tertiary/aromatic N) is 4. The fourth-order valence-corrected chi connectivity index (χ4v) is 6.06. The van der Waals surface area contributed by atoms with E-state index in [0.29, 0.717) is 30.4 Å². The van der Waals surface area contributed by atoms with Gasteiger partial charge in [0.05, 0.1) is 11.1 Å². The minimum Gasteiger partial charge on any atom is -0.358 e. The molecule has 0 unspecified atom stereocenters. The number of carbonyl (C=O) groups is 1. The highest BCUT2D eigenvalue weighted by molar-refractivity contribution is 5.93. The van der Waals surface area contributed by atoms with Gasteiger partial charge < -0.3 is 15.1 Å². The molecule has 0 spiro atoms. The molecule has 2 heterocycles. The van der Waals surface area contributed by atoms with Crippen LogP contribution in [0.15, 0.2) is 24.5 Å². The third-order valence-electron chi connectivity index (χ3n) is 7.82. The van der Waals surface area contributed by atoms with Crippen LogP contribution in [0.3, 0.4) is 0 Å². The number of carbonyl (C=O) groups excluding carboxylic acids is 1. The SMILES string of the molecule is CCC[C@H]1C[C@H](N(CC)CC)CC[C@@H]1N1CC[C@H](Nc2ncnc3ccc(C(F)(F)F)cc23)C1=O. The molecule has 1 aliphatic carbocycles. The maximum Gasteiger partial charge on any atom is 0.416 e. The molecular formula is C26H36F3N5O. The molecule has 35 heavy (non-hydrogen) atoms. The summed E-state index contributed by atoms with van der Waals surface area (Å²) >= 11 is 0. The number of halogens is 3. The number of hydrogen-bond donors (Lipinski definition) is 1.